The molecule has 4 aliphatic heterocycles. The van der Waals surface area contributed by atoms with E-state index in [1.54, 1.807) is 4.68 Å². The SMILES string of the molecule is Cc1cc(COC(=O)N2CC[C@@H](N3CCc4ccccc4NC3=O)C[C@@]2(CC=O)N2CCC(C3CCNCC3)CC2)cc2cn(C)nc12. The molecule has 3 aromatic rings. The van der Waals surface area contributed by atoms with E-state index in [2.05, 4.69) is 26.7 Å². The molecule has 3 saturated heterocycles. The third-order valence-electron chi connectivity index (χ3n) is 11.5. The number of urea groups is 1. The van der Waals surface area contributed by atoms with Crippen molar-refractivity contribution in [3.63, 3.8) is 0 Å². The van der Waals surface area contributed by atoms with Crippen molar-refractivity contribution >= 4 is 35.0 Å². The maximum atomic E-state index is 14.2. The third kappa shape index (κ3) is 6.42. The number of rotatable bonds is 7. The lowest BCUT2D eigenvalue weighted by atomic mass is 9.77. The van der Waals surface area contributed by atoms with Crippen LogP contribution in [-0.2, 0) is 29.6 Å². The summed E-state index contributed by atoms with van der Waals surface area (Å²) in [7, 11) is 1.90. The average molecular weight is 656 g/mol. The number of likely N-dealkylation sites (tertiary alicyclic amines) is 2. The Morgan fingerprint density at radius 3 is 2.60 bits per heavy atom. The lowest BCUT2D eigenvalue weighted by molar-refractivity contribution is -0.128. The van der Waals surface area contributed by atoms with E-state index in [1.807, 2.05) is 60.3 Å². The van der Waals surface area contributed by atoms with Gasteiger partial charge in [-0.05, 0) is 99.2 Å². The number of benzene rings is 2. The Balaban J connectivity index is 1.13. The van der Waals surface area contributed by atoms with Crippen LogP contribution >= 0.6 is 0 Å². The number of aldehydes is 1. The van der Waals surface area contributed by atoms with Gasteiger partial charge in [0.2, 0.25) is 0 Å². The molecule has 3 fully saturated rings. The van der Waals surface area contributed by atoms with Crippen LogP contribution < -0.4 is 10.6 Å². The lowest BCUT2D eigenvalue weighted by Crippen LogP contribution is -2.69. The van der Waals surface area contributed by atoms with Crippen LogP contribution in [0.2, 0.25) is 0 Å². The number of nitrogens with zero attached hydrogens (tertiary/aromatic N) is 5. The highest BCUT2D eigenvalue weighted by atomic mass is 16.6. The molecule has 4 aliphatic rings. The van der Waals surface area contributed by atoms with Crippen molar-refractivity contribution in [1.82, 2.24) is 29.8 Å². The van der Waals surface area contributed by atoms with Crippen molar-refractivity contribution in [2.75, 3.05) is 44.6 Å². The fourth-order valence-electron chi connectivity index (χ4n) is 9.01. The van der Waals surface area contributed by atoms with Gasteiger partial charge in [-0.15, -0.1) is 0 Å². The topological polar surface area (TPSA) is 112 Å². The van der Waals surface area contributed by atoms with Crippen LogP contribution in [0.25, 0.3) is 10.9 Å². The summed E-state index contributed by atoms with van der Waals surface area (Å²) in [5, 5.41) is 12.2. The molecule has 1 aromatic heterocycles. The molecule has 0 radical (unpaired) electrons. The number of carbonyl (C=O) groups is 3. The number of anilines is 1. The van der Waals surface area contributed by atoms with Crippen molar-refractivity contribution < 1.29 is 19.1 Å². The minimum absolute atomic E-state index is 0.119. The van der Waals surface area contributed by atoms with E-state index in [-0.39, 0.29) is 25.1 Å². The number of carbonyl (C=O) groups excluding carboxylic acids is 3. The summed E-state index contributed by atoms with van der Waals surface area (Å²) < 4.78 is 7.86. The van der Waals surface area contributed by atoms with Crippen molar-refractivity contribution in [2.45, 2.75) is 76.6 Å². The molecule has 7 rings (SSSR count). The first-order chi connectivity index (χ1) is 23.3. The second-order valence-electron chi connectivity index (χ2n) is 14.3. The summed E-state index contributed by atoms with van der Waals surface area (Å²) in [5.74, 6) is 1.37. The molecule has 256 valence electrons. The van der Waals surface area contributed by atoms with E-state index in [9.17, 15) is 14.4 Å². The molecule has 2 atom stereocenters. The third-order valence-corrected chi connectivity index (χ3v) is 11.5. The average Bonchev–Trinajstić information content (AvgIpc) is 3.40. The minimum Gasteiger partial charge on any atom is -0.445 e. The quantitative estimate of drug-likeness (QED) is 0.342. The van der Waals surface area contributed by atoms with Gasteiger partial charge in [0, 0.05) is 69.4 Å². The smallest absolute Gasteiger partial charge is 0.411 e. The molecule has 0 bridgehead atoms. The number of para-hydroxylation sites is 1. The Kier molecular flexibility index (Phi) is 9.42. The first-order valence-electron chi connectivity index (χ1n) is 17.8. The zero-order valence-corrected chi connectivity index (χ0v) is 28.3. The van der Waals surface area contributed by atoms with Gasteiger partial charge in [0.15, 0.2) is 0 Å². The fourth-order valence-corrected chi connectivity index (χ4v) is 9.01. The summed E-state index contributed by atoms with van der Waals surface area (Å²) in [6.45, 7) is 6.93. The Morgan fingerprint density at radius 1 is 1.04 bits per heavy atom. The Hall–Kier alpha value is -3.96. The van der Waals surface area contributed by atoms with Gasteiger partial charge < -0.3 is 25.1 Å². The molecule has 2 aromatic carbocycles. The second kappa shape index (κ2) is 13.9. The van der Waals surface area contributed by atoms with Crippen molar-refractivity contribution in [1.29, 1.82) is 0 Å². The molecule has 11 heteroatoms. The number of aryl methyl sites for hydroxylation is 2. The van der Waals surface area contributed by atoms with E-state index in [1.165, 1.54) is 12.8 Å². The molecule has 2 N–H and O–H groups in total. The fraction of sp³-hybridized carbons (Fsp3) is 0.568. The van der Waals surface area contributed by atoms with Crippen LogP contribution in [0.1, 0.15) is 61.6 Å². The number of piperidine rings is 3. The summed E-state index contributed by atoms with van der Waals surface area (Å²) in [4.78, 5) is 46.5. The van der Waals surface area contributed by atoms with Crippen LogP contribution in [0.4, 0.5) is 15.3 Å². The molecular weight excluding hydrogens is 606 g/mol. The Bertz CT molecular complexity index is 1640. The maximum absolute atomic E-state index is 14.2. The van der Waals surface area contributed by atoms with Gasteiger partial charge in [0.25, 0.3) is 0 Å². The van der Waals surface area contributed by atoms with Crippen molar-refractivity contribution in [3.8, 4) is 0 Å². The largest absolute Gasteiger partial charge is 0.445 e. The minimum atomic E-state index is -0.872. The van der Waals surface area contributed by atoms with Crippen LogP contribution in [0.15, 0.2) is 42.6 Å². The highest BCUT2D eigenvalue weighted by Crippen LogP contribution is 2.41. The van der Waals surface area contributed by atoms with Crippen molar-refractivity contribution in [2.24, 2.45) is 18.9 Å². The number of nitrogens with one attached hydrogen (secondary N) is 2. The van der Waals surface area contributed by atoms with Gasteiger partial charge in [-0.2, -0.15) is 5.10 Å². The summed E-state index contributed by atoms with van der Waals surface area (Å²) in [5.41, 5.74) is 3.97. The first-order valence-corrected chi connectivity index (χ1v) is 17.8. The van der Waals surface area contributed by atoms with Gasteiger partial charge in [-0.3, -0.25) is 14.5 Å². The molecule has 3 amide bonds. The highest BCUT2D eigenvalue weighted by Gasteiger charge is 2.52. The molecule has 5 heterocycles. The van der Waals surface area contributed by atoms with Gasteiger partial charge in [-0.1, -0.05) is 24.3 Å². The zero-order valence-electron chi connectivity index (χ0n) is 28.3. The highest BCUT2D eigenvalue weighted by molar-refractivity contribution is 5.91. The predicted octanol–water partition coefficient (Wildman–Crippen LogP) is 5.07. The van der Waals surface area contributed by atoms with Crippen LogP contribution in [0.3, 0.4) is 0 Å². The summed E-state index contributed by atoms with van der Waals surface area (Å²) in [6, 6.07) is 11.8. The van der Waals surface area contributed by atoms with Gasteiger partial charge in [0.05, 0.1) is 5.52 Å². The second-order valence-corrected chi connectivity index (χ2v) is 14.3. The van der Waals surface area contributed by atoms with Crippen molar-refractivity contribution in [3.05, 3.63) is 59.3 Å². The van der Waals surface area contributed by atoms with Gasteiger partial charge in [0.1, 0.15) is 18.6 Å². The number of hydrogen-bond acceptors (Lipinski definition) is 7. The number of hydrogen-bond donors (Lipinski definition) is 2. The van der Waals surface area contributed by atoms with Crippen LogP contribution in [-0.4, -0.2) is 93.9 Å². The molecule has 0 saturated carbocycles. The van der Waals surface area contributed by atoms with E-state index >= 15 is 0 Å². The Morgan fingerprint density at radius 2 is 1.81 bits per heavy atom. The van der Waals surface area contributed by atoms with Gasteiger partial charge >= 0.3 is 12.1 Å². The van der Waals surface area contributed by atoms with Crippen LogP contribution in [0.5, 0.6) is 0 Å². The number of fused-ring (bicyclic) bond motifs is 2. The summed E-state index contributed by atoms with van der Waals surface area (Å²) in [6.07, 6.45) is 9.07. The summed E-state index contributed by atoms with van der Waals surface area (Å²) >= 11 is 0. The standard InChI is InChI=1S/C37H49N7O4/c1-26-21-27(22-31-24-41(2)40-34(26)31)25-48-36(47)44-19-12-32(43-18-11-30-5-3-4-6-33(30)39-35(43)46)23-37(44,13-20-45)42-16-9-29(10-17-42)28-7-14-38-15-8-28/h3-6,20-22,24,28-29,32,38H,7-19,23,25H2,1-2H3,(H,39,46)/t32-,37+/m1/s1. The molecule has 0 unspecified atom stereocenters. The van der Waals surface area contributed by atoms with Crippen LogP contribution in [0, 0.1) is 18.8 Å². The number of ether oxygens (including phenoxy) is 1. The van der Waals surface area contributed by atoms with Gasteiger partial charge in [-0.25, -0.2) is 9.59 Å². The van der Waals surface area contributed by atoms with E-state index < -0.39 is 11.8 Å². The molecular formula is C37H49N7O4. The van der Waals surface area contributed by atoms with E-state index in [0.717, 1.165) is 90.9 Å². The number of amides is 3. The number of aromatic nitrogens is 2. The molecule has 0 aliphatic carbocycles. The first kappa shape index (κ1) is 32.6. The Labute approximate surface area is 282 Å². The monoisotopic (exact) mass is 655 g/mol. The predicted molar refractivity (Wildman–Crippen MR) is 185 cm³/mol. The van der Waals surface area contributed by atoms with E-state index in [4.69, 9.17) is 4.74 Å². The normalized spacial score (nSPS) is 24.6. The molecule has 0 spiro atoms. The molecule has 11 nitrogen and oxygen atoms in total. The maximum Gasteiger partial charge on any atom is 0.411 e. The lowest BCUT2D eigenvalue weighted by Gasteiger charge is -2.56. The zero-order chi connectivity index (χ0) is 33.3. The van der Waals surface area contributed by atoms with E-state index in [0.29, 0.717) is 31.8 Å². The molecule has 48 heavy (non-hydrogen) atoms.